The molecular formula is C13H16N2S2. The van der Waals surface area contributed by atoms with Gasteiger partial charge in [0.2, 0.25) is 0 Å². The van der Waals surface area contributed by atoms with Crippen molar-refractivity contribution < 1.29 is 0 Å². The second-order valence-corrected chi connectivity index (χ2v) is 6.38. The fraction of sp³-hybridized carbons (Fsp3) is 0.308. The van der Waals surface area contributed by atoms with Crippen LogP contribution in [0.25, 0.3) is 0 Å². The van der Waals surface area contributed by atoms with Crippen molar-refractivity contribution in [2.45, 2.75) is 35.5 Å². The molecule has 90 valence electrons. The van der Waals surface area contributed by atoms with E-state index in [1.165, 1.54) is 16.0 Å². The smallest absolute Gasteiger partial charge is 0.154 e. The molecule has 0 saturated heterocycles. The molecule has 1 aromatic heterocycles. The van der Waals surface area contributed by atoms with E-state index in [0.717, 1.165) is 10.8 Å². The van der Waals surface area contributed by atoms with Gasteiger partial charge in [-0.1, -0.05) is 17.8 Å². The Balaban J connectivity index is 2.13. The molecule has 2 nitrogen and oxygen atoms in total. The van der Waals surface area contributed by atoms with Gasteiger partial charge in [0.25, 0.3) is 0 Å². The van der Waals surface area contributed by atoms with Crippen LogP contribution in [0.2, 0.25) is 0 Å². The minimum absolute atomic E-state index is 0.214. The number of benzene rings is 1. The number of aryl methyl sites for hydroxylation is 1. The Morgan fingerprint density at radius 2 is 2.29 bits per heavy atom. The van der Waals surface area contributed by atoms with E-state index in [9.17, 15) is 0 Å². The highest BCUT2D eigenvalue weighted by molar-refractivity contribution is 8.01. The quantitative estimate of drug-likeness (QED) is 0.918. The van der Waals surface area contributed by atoms with Gasteiger partial charge in [-0.2, -0.15) is 0 Å². The van der Waals surface area contributed by atoms with Gasteiger partial charge in [0.15, 0.2) is 4.34 Å². The molecular weight excluding hydrogens is 248 g/mol. The number of rotatable bonds is 4. The third kappa shape index (κ3) is 3.56. The van der Waals surface area contributed by atoms with Gasteiger partial charge in [-0.3, -0.25) is 0 Å². The first-order valence-electron chi connectivity index (χ1n) is 5.57. The molecule has 0 amide bonds. The molecule has 0 aliphatic heterocycles. The lowest BCUT2D eigenvalue weighted by atomic mass is 10.0. The molecule has 4 heteroatoms. The molecule has 0 aliphatic carbocycles. The Kier molecular flexibility index (Phi) is 4.20. The average Bonchev–Trinajstić information content (AvgIpc) is 2.74. The van der Waals surface area contributed by atoms with Crippen molar-refractivity contribution in [3.8, 4) is 0 Å². The molecule has 1 heterocycles. The predicted octanol–water partition coefficient (Wildman–Crippen LogP) is 3.49. The lowest BCUT2D eigenvalue weighted by molar-refractivity contribution is 0.734. The highest BCUT2D eigenvalue weighted by Crippen LogP contribution is 2.30. The molecule has 2 N–H and O–H groups in total. The zero-order valence-electron chi connectivity index (χ0n) is 10.0. The standard InChI is InChI=1S/C13H16N2S2/c1-9-7-12(17-13-15-5-6-16-13)4-3-11(9)8-10(2)14/h3-7,10H,8,14H2,1-2H3. The highest BCUT2D eigenvalue weighted by atomic mass is 32.2. The van der Waals surface area contributed by atoms with Crippen LogP contribution in [0.1, 0.15) is 18.1 Å². The summed E-state index contributed by atoms with van der Waals surface area (Å²) in [4.78, 5) is 5.52. The minimum Gasteiger partial charge on any atom is -0.328 e. The number of nitrogens with zero attached hydrogens (tertiary/aromatic N) is 1. The topological polar surface area (TPSA) is 38.9 Å². The van der Waals surface area contributed by atoms with Crippen LogP contribution < -0.4 is 5.73 Å². The molecule has 1 unspecified atom stereocenters. The van der Waals surface area contributed by atoms with Gasteiger partial charge >= 0.3 is 0 Å². The second-order valence-electron chi connectivity index (χ2n) is 4.17. The Hall–Kier alpha value is -0.840. The normalized spacial score (nSPS) is 12.6. The van der Waals surface area contributed by atoms with Gasteiger partial charge in [0.1, 0.15) is 0 Å². The van der Waals surface area contributed by atoms with Crippen LogP contribution in [0.3, 0.4) is 0 Å². The average molecular weight is 264 g/mol. The van der Waals surface area contributed by atoms with E-state index in [4.69, 9.17) is 5.73 Å². The Bertz CT molecular complexity index is 478. The zero-order valence-corrected chi connectivity index (χ0v) is 11.6. The van der Waals surface area contributed by atoms with E-state index in [1.807, 2.05) is 18.5 Å². The SMILES string of the molecule is Cc1cc(Sc2nccs2)ccc1CC(C)N. The summed E-state index contributed by atoms with van der Waals surface area (Å²) in [5, 5.41) is 2.00. The maximum absolute atomic E-state index is 5.83. The molecule has 1 atom stereocenters. The molecule has 0 aliphatic rings. The van der Waals surface area contributed by atoms with Gasteiger partial charge in [-0.15, -0.1) is 11.3 Å². The van der Waals surface area contributed by atoms with Gasteiger partial charge in [0, 0.05) is 22.5 Å². The van der Waals surface area contributed by atoms with Crippen molar-refractivity contribution in [2.75, 3.05) is 0 Å². The van der Waals surface area contributed by atoms with Crippen molar-refractivity contribution in [1.82, 2.24) is 4.98 Å². The van der Waals surface area contributed by atoms with Crippen molar-refractivity contribution in [1.29, 1.82) is 0 Å². The van der Waals surface area contributed by atoms with E-state index in [-0.39, 0.29) is 6.04 Å². The van der Waals surface area contributed by atoms with Crippen molar-refractivity contribution >= 4 is 23.1 Å². The summed E-state index contributed by atoms with van der Waals surface area (Å²) < 4.78 is 1.09. The summed E-state index contributed by atoms with van der Waals surface area (Å²) in [5.41, 5.74) is 8.47. The van der Waals surface area contributed by atoms with Gasteiger partial charge in [-0.05, 0) is 43.5 Å². The monoisotopic (exact) mass is 264 g/mol. The fourth-order valence-corrected chi connectivity index (χ4v) is 3.36. The number of aromatic nitrogens is 1. The maximum Gasteiger partial charge on any atom is 0.154 e. The number of nitrogens with two attached hydrogens (primary N) is 1. The predicted molar refractivity (Wildman–Crippen MR) is 74.8 cm³/mol. The summed E-state index contributed by atoms with van der Waals surface area (Å²) in [6.07, 6.45) is 2.78. The summed E-state index contributed by atoms with van der Waals surface area (Å²) >= 11 is 3.38. The highest BCUT2D eigenvalue weighted by Gasteiger charge is 2.05. The molecule has 2 aromatic rings. The van der Waals surface area contributed by atoms with Crippen molar-refractivity contribution in [3.63, 3.8) is 0 Å². The number of hydrogen-bond donors (Lipinski definition) is 1. The van der Waals surface area contributed by atoms with E-state index >= 15 is 0 Å². The second kappa shape index (κ2) is 5.67. The third-order valence-corrected chi connectivity index (χ3v) is 4.34. The van der Waals surface area contributed by atoms with E-state index < -0.39 is 0 Å². The molecule has 0 saturated carbocycles. The van der Waals surface area contributed by atoms with Crippen LogP contribution >= 0.6 is 23.1 Å². The number of thiazole rings is 1. The number of hydrogen-bond acceptors (Lipinski definition) is 4. The van der Waals surface area contributed by atoms with E-state index in [0.29, 0.717) is 0 Å². The van der Waals surface area contributed by atoms with Crippen LogP contribution in [0.4, 0.5) is 0 Å². The van der Waals surface area contributed by atoms with Crippen LogP contribution in [-0.2, 0) is 6.42 Å². The molecule has 0 radical (unpaired) electrons. The van der Waals surface area contributed by atoms with E-state index in [2.05, 4.69) is 30.1 Å². The first-order chi connectivity index (χ1) is 8.15. The van der Waals surface area contributed by atoms with Crippen LogP contribution in [0, 0.1) is 6.92 Å². The molecule has 17 heavy (non-hydrogen) atoms. The van der Waals surface area contributed by atoms with Gasteiger partial charge in [-0.25, -0.2) is 4.98 Å². The van der Waals surface area contributed by atoms with Crippen molar-refractivity contribution in [3.05, 3.63) is 40.9 Å². The van der Waals surface area contributed by atoms with Gasteiger partial charge in [0.05, 0.1) is 0 Å². The lowest BCUT2D eigenvalue weighted by Gasteiger charge is -2.09. The van der Waals surface area contributed by atoms with Crippen LogP contribution in [0.5, 0.6) is 0 Å². The van der Waals surface area contributed by atoms with E-state index in [1.54, 1.807) is 23.1 Å². The third-order valence-electron chi connectivity index (χ3n) is 2.47. The maximum atomic E-state index is 5.83. The zero-order chi connectivity index (χ0) is 12.3. The first kappa shape index (κ1) is 12.6. The van der Waals surface area contributed by atoms with Gasteiger partial charge < -0.3 is 5.73 Å². The summed E-state index contributed by atoms with van der Waals surface area (Å²) in [5.74, 6) is 0. The summed E-state index contributed by atoms with van der Waals surface area (Å²) in [6.45, 7) is 4.18. The molecule has 2 rings (SSSR count). The minimum atomic E-state index is 0.214. The molecule has 0 fully saturated rings. The first-order valence-corrected chi connectivity index (χ1v) is 7.27. The fourth-order valence-electron chi connectivity index (χ4n) is 1.67. The summed E-state index contributed by atoms with van der Waals surface area (Å²) in [6, 6.07) is 6.75. The molecule has 0 spiro atoms. The Morgan fingerprint density at radius 3 is 2.88 bits per heavy atom. The lowest BCUT2D eigenvalue weighted by Crippen LogP contribution is -2.18. The summed E-state index contributed by atoms with van der Waals surface area (Å²) in [7, 11) is 0. The van der Waals surface area contributed by atoms with Crippen LogP contribution in [-0.4, -0.2) is 11.0 Å². The van der Waals surface area contributed by atoms with Crippen LogP contribution in [0.15, 0.2) is 39.0 Å². The molecule has 1 aromatic carbocycles. The largest absolute Gasteiger partial charge is 0.328 e. The molecule has 0 bridgehead atoms. The van der Waals surface area contributed by atoms with Crippen molar-refractivity contribution in [2.24, 2.45) is 5.73 Å². The Labute approximate surface area is 110 Å². The Morgan fingerprint density at radius 1 is 1.47 bits per heavy atom.